The minimum atomic E-state index is 0.141. The van der Waals surface area contributed by atoms with Crippen molar-refractivity contribution in [3.8, 4) is 0 Å². The van der Waals surface area contributed by atoms with Gasteiger partial charge in [0.2, 0.25) is 0 Å². The van der Waals surface area contributed by atoms with Gasteiger partial charge in [-0.15, -0.1) is 0 Å². The third-order valence-electron chi connectivity index (χ3n) is 3.99. The van der Waals surface area contributed by atoms with E-state index in [1.807, 2.05) is 0 Å². The van der Waals surface area contributed by atoms with Gasteiger partial charge in [-0.25, -0.2) is 0 Å². The Balaban J connectivity index is 2.56. The third kappa shape index (κ3) is 4.52. The van der Waals surface area contributed by atoms with E-state index < -0.39 is 0 Å². The molecule has 1 fully saturated rings. The minimum Gasteiger partial charge on any atom is -0.377 e. The molecule has 0 aromatic carbocycles. The SMILES string of the molecule is CCCOC1CCCN(C(C)(CN)CC(C)C)C1. The third-order valence-corrected chi connectivity index (χ3v) is 3.99. The van der Waals surface area contributed by atoms with Gasteiger partial charge in [-0.1, -0.05) is 20.8 Å². The van der Waals surface area contributed by atoms with Crippen molar-refractivity contribution in [3.63, 3.8) is 0 Å². The fourth-order valence-corrected chi connectivity index (χ4v) is 3.07. The van der Waals surface area contributed by atoms with Crippen LogP contribution in [0.25, 0.3) is 0 Å². The van der Waals surface area contributed by atoms with E-state index in [4.69, 9.17) is 10.5 Å². The van der Waals surface area contributed by atoms with E-state index in [2.05, 4.69) is 32.6 Å². The molecule has 1 aliphatic rings. The van der Waals surface area contributed by atoms with Gasteiger partial charge in [0.1, 0.15) is 0 Å². The first-order chi connectivity index (χ1) is 8.51. The molecule has 1 rings (SSSR count). The summed E-state index contributed by atoms with van der Waals surface area (Å²) in [6.07, 6.45) is 5.14. The summed E-state index contributed by atoms with van der Waals surface area (Å²) in [5.74, 6) is 0.690. The van der Waals surface area contributed by atoms with Gasteiger partial charge in [0.15, 0.2) is 0 Å². The van der Waals surface area contributed by atoms with E-state index in [0.717, 1.165) is 26.1 Å². The summed E-state index contributed by atoms with van der Waals surface area (Å²) in [5.41, 5.74) is 6.19. The molecule has 2 N–H and O–H groups in total. The van der Waals surface area contributed by atoms with Gasteiger partial charge in [0.25, 0.3) is 0 Å². The van der Waals surface area contributed by atoms with Crippen LogP contribution in [0.15, 0.2) is 0 Å². The normalized spacial score (nSPS) is 25.3. The molecule has 0 aromatic rings. The molecule has 0 amide bonds. The first kappa shape index (κ1) is 15.9. The number of hydrogen-bond donors (Lipinski definition) is 1. The largest absolute Gasteiger partial charge is 0.377 e. The molecule has 108 valence electrons. The van der Waals surface area contributed by atoms with E-state index >= 15 is 0 Å². The molecule has 1 heterocycles. The van der Waals surface area contributed by atoms with Gasteiger partial charge >= 0.3 is 0 Å². The highest BCUT2D eigenvalue weighted by molar-refractivity contribution is 4.91. The van der Waals surface area contributed by atoms with Gasteiger partial charge in [-0.3, -0.25) is 4.90 Å². The number of nitrogens with two attached hydrogens (primary N) is 1. The Hall–Kier alpha value is -0.120. The summed E-state index contributed by atoms with van der Waals surface area (Å²) in [5, 5.41) is 0. The first-order valence-electron chi connectivity index (χ1n) is 7.58. The smallest absolute Gasteiger partial charge is 0.0702 e. The van der Waals surface area contributed by atoms with Crippen LogP contribution in [0.2, 0.25) is 0 Å². The molecule has 3 nitrogen and oxygen atoms in total. The van der Waals surface area contributed by atoms with Gasteiger partial charge in [-0.2, -0.15) is 0 Å². The van der Waals surface area contributed by atoms with E-state index in [0.29, 0.717) is 12.0 Å². The molecule has 0 saturated carbocycles. The molecule has 1 saturated heterocycles. The Labute approximate surface area is 113 Å². The first-order valence-corrected chi connectivity index (χ1v) is 7.58. The maximum Gasteiger partial charge on any atom is 0.0702 e. The Morgan fingerprint density at radius 1 is 1.44 bits per heavy atom. The number of nitrogens with zero attached hydrogens (tertiary/aromatic N) is 1. The second-order valence-electron chi connectivity index (χ2n) is 6.38. The Bertz CT molecular complexity index is 233. The highest BCUT2D eigenvalue weighted by Gasteiger charge is 2.34. The van der Waals surface area contributed by atoms with Gasteiger partial charge < -0.3 is 10.5 Å². The van der Waals surface area contributed by atoms with Crippen molar-refractivity contribution in [3.05, 3.63) is 0 Å². The van der Waals surface area contributed by atoms with Crippen LogP contribution in [0.5, 0.6) is 0 Å². The van der Waals surface area contributed by atoms with Crippen molar-refractivity contribution in [2.45, 2.75) is 65.0 Å². The molecule has 2 unspecified atom stereocenters. The van der Waals surface area contributed by atoms with Crippen molar-refractivity contribution in [1.82, 2.24) is 4.90 Å². The number of likely N-dealkylation sites (tertiary alicyclic amines) is 1. The van der Waals surface area contributed by atoms with E-state index in [-0.39, 0.29) is 5.54 Å². The fourth-order valence-electron chi connectivity index (χ4n) is 3.07. The lowest BCUT2D eigenvalue weighted by Gasteiger charge is -2.46. The van der Waals surface area contributed by atoms with Crippen molar-refractivity contribution in [2.24, 2.45) is 11.7 Å². The summed E-state index contributed by atoms with van der Waals surface area (Å²) in [6, 6.07) is 0. The molecule has 0 aromatic heterocycles. The standard InChI is InChI=1S/C15H32N2O/c1-5-9-18-14-7-6-8-17(11-14)15(4,12-16)10-13(2)3/h13-14H,5-12,16H2,1-4H3. The highest BCUT2D eigenvalue weighted by Crippen LogP contribution is 2.27. The van der Waals surface area contributed by atoms with Crippen LogP contribution in [0.1, 0.15) is 53.4 Å². The zero-order chi connectivity index (χ0) is 13.6. The van der Waals surface area contributed by atoms with Crippen molar-refractivity contribution < 1.29 is 4.74 Å². The van der Waals surface area contributed by atoms with Crippen molar-refractivity contribution in [1.29, 1.82) is 0 Å². The maximum atomic E-state index is 6.05. The molecule has 18 heavy (non-hydrogen) atoms. The quantitative estimate of drug-likeness (QED) is 0.761. The van der Waals surface area contributed by atoms with Crippen LogP contribution in [0.4, 0.5) is 0 Å². The summed E-state index contributed by atoms with van der Waals surface area (Å²) in [7, 11) is 0. The van der Waals surface area contributed by atoms with Crippen LogP contribution < -0.4 is 5.73 Å². The molecule has 0 bridgehead atoms. The highest BCUT2D eigenvalue weighted by atomic mass is 16.5. The van der Waals surface area contributed by atoms with Gasteiger partial charge in [0.05, 0.1) is 6.10 Å². The fraction of sp³-hybridized carbons (Fsp3) is 1.00. The van der Waals surface area contributed by atoms with Crippen molar-refractivity contribution >= 4 is 0 Å². The predicted octanol–water partition coefficient (Wildman–Crippen LogP) is 2.64. The number of rotatable bonds is 7. The molecule has 3 heteroatoms. The Morgan fingerprint density at radius 3 is 2.72 bits per heavy atom. The molecule has 0 radical (unpaired) electrons. The summed E-state index contributed by atoms with van der Waals surface area (Å²) in [4.78, 5) is 2.57. The minimum absolute atomic E-state index is 0.141. The van der Waals surface area contributed by atoms with Crippen LogP contribution in [0, 0.1) is 5.92 Å². The Kier molecular flexibility index (Phi) is 6.61. The zero-order valence-electron chi connectivity index (χ0n) is 12.7. The van der Waals surface area contributed by atoms with Crippen LogP contribution >= 0.6 is 0 Å². The average Bonchev–Trinajstić information content (AvgIpc) is 2.35. The summed E-state index contributed by atoms with van der Waals surface area (Å²) >= 11 is 0. The number of piperidine rings is 1. The van der Waals surface area contributed by atoms with E-state index in [1.165, 1.54) is 25.8 Å². The molecule has 0 aliphatic carbocycles. The second kappa shape index (κ2) is 7.46. The van der Waals surface area contributed by atoms with Crippen LogP contribution in [-0.2, 0) is 4.74 Å². The lowest BCUT2D eigenvalue weighted by Crippen LogP contribution is -2.57. The average molecular weight is 256 g/mol. The van der Waals surface area contributed by atoms with E-state index in [1.54, 1.807) is 0 Å². The summed E-state index contributed by atoms with van der Waals surface area (Å²) < 4.78 is 5.92. The van der Waals surface area contributed by atoms with Gasteiger partial charge in [0, 0.05) is 25.2 Å². The maximum absolute atomic E-state index is 6.05. The van der Waals surface area contributed by atoms with E-state index in [9.17, 15) is 0 Å². The van der Waals surface area contributed by atoms with Crippen LogP contribution in [0.3, 0.4) is 0 Å². The second-order valence-corrected chi connectivity index (χ2v) is 6.38. The molecule has 1 aliphatic heterocycles. The Morgan fingerprint density at radius 2 is 2.17 bits per heavy atom. The topological polar surface area (TPSA) is 38.5 Å². The van der Waals surface area contributed by atoms with Crippen LogP contribution in [-0.4, -0.2) is 42.8 Å². The molecular formula is C15H32N2O. The van der Waals surface area contributed by atoms with Crippen molar-refractivity contribution in [2.75, 3.05) is 26.2 Å². The predicted molar refractivity (Wildman–Crippen MR) is 77.8 cm³/mol. The zero-order valence-corrected chi connectivity index (χ0v) is 12.7. The monoisotopic (exact) mass is 256 g/mol. The lowest BCUT2D eigenvalue weighted by atomic mass is 9.87. The molecule has 2 atom stereocenters. The summed E-state index contributed by atoms with van der Waals surface area (Å²) in [6.45, 7) is 12.9. The molecular weight excluding hydrogens is 224 g/mol. The lowest BCUT2D eigenvalue weighted by molar-refractivity contribution is -0.0367. The number of hydrogen-bond acceptors (Lipinski definition) is 3. The molecule has 0 spiro atoms. The number of ether oxygens (including phenoxy) is 1. The van der Waals surface area contributed by atoms with Gasteiger partial charge in [-0.05, 0) is 45.1 Å².